The molecule has 0 spiro atoms. The Hall–Kier alpha value is -0.220. The molecule has 0 amide bonds. The highest BCUT2D eigenvalue weighted by Gasteiger charge is 2.40. The van der Waals surface area contributed by atoms with Crippen molar-refractivity contribution in [2.24, 2.45) is 5.41 Å². The van der Waals surface area contributed by atoms with Crippen LogP contribution in [0.4, 0.5) is 8.78 Å². The smallest absolute Gasteiger partial charge is 0.260 e. The Balaban J connectivity index is 2.68. The summed E-state index contributed by atoms with van der Waals surface area (Å²) >= 11 is 0. The zero-order chi connectivity index (χ0) is 13.3. The topological polar surface area (TPSA) is 23.5 Å². The second-order valence-electron chi connectivity index (χ2n) is 6.06. The van der Waals surface area contributed by atoms with Gasteiger partial charge in [-0.3, -0.25) is 4.90 Å². The first-order chi connectivity index (χ1) is 7.68. The summed E-state index contributed by atoms with van der Waals surface area (Å²) in [6.07, 6.45) is 1.80. The van der Waals surface area contributed by atoms with Crippen LogP contribution in [0.1, 0.15) is 46.5 Å². The number of aliphatic hydroxyl groups excluding tert-OH is 1. The van der Waals surface area contributed by atoms with Crippen LogP contribution in [-0.2, 0) is 0 Å². The van der Waals surface area contributed by atoms with Gasteiger partial charge in [0.1, 0.15) is 0 Å². The molecule has 4 heteroatoms. The monoisotopic (exact) mass is 249 g/mol. The van der Waals surface area contributed by atoms with Gasteiger partial charge in [-0.1, -0.05) is 20.8 Å². The Bertz CT molecular complexity index is 256. The van der Waals surface area contributed by atoms with E-state index in [0.717, 1.165) is 12.8 Å². The molecule has 0 saturated heterocycles. The van der Waals surface area contributed by atoms with E-state index in [2.05, 4.69) is 13.8 Å². The van der Waals surface area contributed by atoms with E-state index >= 15 is 0 Å². The van der Waals surface area contributed by atoms with Crippen LogP contribution in [0.25, 0.3) is 0 Å². The Morgan fingerprint density at radius 3 is 2.53 bits per heavy atom. The summed E-state index contributed by atoms with van der Waals surface area (Å²) < 4.78 is 26.8. The van der Waals surface area contributed by atoms with Crippen LogP contribution < -0.4 is 0 Å². The number of nitrogens with zero attached hydrogens (tertiary/aromatic N) is 1. The van der Waals surface area contributed by atoms with Crippen molar-refractivity contribution in [3.05, 3.63) is 0 Å². The van der Waals surface area contributed by atoms with Gasteiger partial charge in [0.2, 0.25) is 0 Å². The molecule has 0 radical (unpaired) electrons. The summed E-state index contributed by atoms with van der Waals surface area (Å²) in [7, 11) is 1.74. The zero-order valence-electron chi connectivity index (χ0n) is 11.3. The number of halogens is 2. The van der Waals surface area contributed by atoms with Gasteiger partial charge in [0.25, 0.3) is 5.92 Å². The van der Waals surface area contributed by atoms with Gasteiger partial charge in [-0.25, -0.2) is 8.78 Å². The number of rotatable bonds is 4. The Morgan fingerprint density at radius 2 is 2.00 bits per heavy atom. The first-order valence-corrected chi connectivity index (χ1v) is 6.44. The van der Waals surface area contributed by atoms with Crippen molar-refractivity contribution in [3.8, 4) is 0 Å². The molecule has 1 rings (SSSR count). The second-order valence-corrected chi connectivity index (χ2v) is 6.06. The van der Waals surface area contributed by atoms with Gasteiger partial charge in [0.15, 0.2) is 0 Å². The molecule has 17 heavy (non-hydrogen) atoms. The van der Waals surface area contributed by atoms with E-state index in [1.807, 2.05) is 0 Å². The zero-order valence-corrected chi connectivity index (χ0v) is 11.3. The average molecular weight is 249 g/mol. The summed E-state index contributed by atoms with van der Waals surface area (Å²) in [5, 5.41) is 9.70. The number of alkyl halides is 2. The fourth-order valence-electron chi connectivity index (χ4n) is 2.76. The van der Waals surface area contributed by atoms with Crippen molar-refractivity contribution in [1.29, 1.82) is 0 Å². The van der Waals surface area contributed by atoms with Crippen LogP contribution in [-0.4, -0.2) is 41.7 Å². The minimum Gasteiger partial charge on any atom is -0.393 e. The lowest BCUT2D eigenvalue weighted by Gasteiger charge is -2.46. The maximum atomic E-state index is 13.4. The quantitative estimate of drug-likeness (QED) is 0.828. The molecule has 102 valence electrons. The van der Waals surface area contributed by atoms with Crippen molar-refractivity contribution < 1.29 is 13.9 Å². The number of hydrogen-bond donors (Lipinski definition) is 1. The van der Waals surface area contributed by atoms with Gasteiger partial charge in [-0.2, -0.15) is 0 Å². The largest absolute Gasteiger partial charge is 0.393 e. The molecular formula is C13H25F2NO. The van der Waals surface area contributed by atoms with Crippen LogP contribution in [0.5, 0.6) is 0 Å². The summed E-state index contributed by atoms with van der Waals surface area (Å²) in [5.41, 5.74) is -0.00218. The van der Waals surface area contributed by atoms with Gasteiger partial charge in [-0.15, -0.1) is 0 Å². The maximum Gasteiger partial charge on any atom is 0.260 e. The molecule has 2 atom stereocenters. The molecule has 1 aliphatic rings. The lowest BCUT2D eigenvalue weighted by Crippen LogP contribution is -2.51. The van der Waals surface area contributed by atoms with Gasteiger partial charge in [0, 0.05) is 12.5 Å². The summed E-state index contributed by atoms with van der Waals surface area (Å²) in [4.78, 5) is 1.73. The normalized spacial score (nSPS) is 29.6. The molecule has 1 fully saturated rings. The van der Waals surface area contributed by atoms with Crippen molar-refractivity contribution in [3.63, 3.8) is 0 Å². The van der Waals surface area contributed by atoms with Crippen LogP contribution in [0.15, 0.2) is 0 Å². The van der Waals surface area contributed by atoms with Crippen LogP contribution >= 0.6 is 0 Å². The maximum absolute atomic E-state index is 13.4. The van der Waals surface area contributed by atoms with E-state index in [1.54, 1.807) is 11.9 Å². The van der Waals surface area contributed by atoms with E-state index in [1.165, 1.54) is 6.92 Å². The van der Waals surface area contributed by atoms with Crippen molar-refractivity contribution in [2.75, 3.05) is 13.6 Å². The lowest BCUT2D eigenvalue weighted by atomic mass is 9.71. The molecule has 0 aliphatic heterocycles. The van der Waals surface area contributed by atoms with E-state index in [-0.39, 0.29) is 30.5 Å². The van der Waals surface area contributed by atoms with Crippen molar-refractivity contribution >= 4 is 0 Å². The molecule has 2 nitrogen and oxygen atoms in total. The molecule has 0 aromatic rings. The summed E-state index contributed by atoms with van der Waals surface area (Å²) in [6.45, 7) is 5.49. The fourth-order valence-corrected chi connectivity index (χ4v) is 2.76. The van der Waals surface area contributed by atoms with E-state index in [0.29, 0.717) is 6.42 Å². The molecule has 0 bridgehead atoms. The number of aliphatic hydroxyl groups is 1. The highest BCUT2D eigenvalue weighted by molar-refractivity contribution is 4.92. The standard InChI is InChI=1S/C13H25F2NO/c1-5-13(14,15)9-16(4)11-8-10(17)6-7-12(11,2)3/h10-11,17H,5-9H2,1-4H3. The van der Waals surface area contributed by atoms with Gasteiger partial charge in [0.05, 0.1) is 12.6 Å². The van der Waals surface area contributed by atoms with Crippen LogP contribution in [0.3, 0.4) is 0 Å². The molecule has 1 saturated carbocycles. The first-order valence-electron chi connectivity index (χ1n) is 6.44. The van der Waals surface area contributed by atoms with E-state index in [4.69, 9.17) is 0 Å². The predicted molar refractivity (Wildman–Crippen MR) is 65.3 cm³/mol. The highest BCUT2D eigenvalue weighted by Crippen LogP contribution is 2.39. The third-order valence-corrected chi connectivity index (χ3v) is 4.05. The first kappa shape index (κ1) is 14.8. The van der Waals surface area contributed by atoms with Gasteiger partial charge < -0.3 is 5.11 Å². The van der Waals surface area contributed by atoms with E-state index < -0.39 is 5.92 Å². The van der Waals surface area contributed by atoms with Crippen molar-refractivity contribution in [2.45, 2.75) is 64.5 Å². The fraction of sp³-hybridized carbons (Fsp3) is 1.00. The second kappa shape index (κ2) is 5.19. The molecule has 0 aromatic carbocycles. The SMILES string of the molecule is CCC(F)(F)CN(C)C1CC(O)CCC1(C)C. The minimum absolute atomic E-state index is 0.00218. The van der Waals surface area contributed by atoms with E-state index in [9.17, 15) is 13.9 Å². The molecule has 1 N–H and O–H groups in total. The highest BCUT2D eigenvalue weighted by atomic mass is 19.3. The van der Waals surface area contributed by atoms with Crippen LogP contribution in [0.2, 0.25) is 0 Å². The Kier molecular flexibility index (Phi) is 4.53. The minimum atomic E-state index is -2.63. The summed E-state index contributed by atoms with van der Waals surface area (Å²) in [5.74, 6) is -2.63. The Labute approximate surface area is 103 Å². The molecule has 0 heterocycles. The lowest BCUT2D eigenvalue weighted by molar-refractivity contribution is -0.0702. The average Bonchev–Trinajstić information content (AvgIpc) is 2.21. The Morgan fingerprint density at radius 1 is 1.41 bits per heavy atom. The summed E-state index contributed by atoms with van der Waals surface area (Å²) in [6, 6.07) is 0.0312. The molecule has 2 unspecified atom stereocenters. The third kappa shape index (κ3) is 3.88. The molecular weight excluding hydrogens is 224 g/mol. The molecule has 0 aromatic heterocycles. The third-order valence-electron chi connectivity index (χ3n) is 4.05. The molecule has 1 aliphatic carbocycles. The van der Waals surface area contributed by atoms with Crippen molar-refractivity contribution in [1.82, 2.24) is 4.90 Å². The predicted octanol–water partition coefficient (Wildman–Crippen LogP) is 2.90. The van der Waals surface area contributed by atoms with Gasteiger partial charge in [-0.05, 0) is 31.7 Å². The number of hydrogen-bond acceptors (Lipinski definition) is 2. The van der Waals surface area contributed by atoms with Crippen LogP contribution in [0, 0.1) is 5.41 Å². The van der Waals surface area contributed by atoms with Gasteiger partial charge >= 0.3 is 0 Å².